The highest BCUT2D eigenvalue weighted by Crippen LogP contribution is 2.47. The van der Waals surface area contributed by atoms with Crippen molar-refractivity contribution in [2.45, 2.75) is 19.3 Å². The number of halogens is 1. The number of nitrogens with two attached hydrogens (primary N) is 1. The maximum absolute atomic E-state index is 5.69. The van der Waals surface area contributed by atoms with Crippen LogP contribution in [0.25, 0.3) is 0 Å². The fourth-order valence-electron chi connectivity index (χ4n) is 1.38. The van der Waals surface area contributed by atoms with Gasteiger partial charge in [-0.05, 0) is 47.2 Å². The third-order valence-corrected chi connectivity index (χ3v) is 3.88. The molecule has 1 heterocycles. The van der Waals surface area contributed by atoms with Crippen molar-refractivity contribution in [3.8, 4) is 0 Å². The molecule has 1 fully saturated rings. The van der Waals surface area contributed by atoms with Gasteiger partial charge in [-0.1, -0.05) is 0 Å². The highest BCUT2D eigenvalue weighted by atomic mass is 79.9. The zero-order valence-corrected chi connectivity index (χ0v) is 9.12. The lowest BCUT2D eigenvalue weighted by Crippen LogP contribution is -2.17. The van der Waals surface area contributed by atoms with E-state index in [1.165, 1.54) is 18.5 Å². The van der Waals surface area contributed by atoms with Gasteiger partial charge in [0, 0.05) is 5.38 Å². The minimum Gasteiger partial charge on any atom is -0.330 e. The molecule has 12 heavy (non-hydrogen) atoms. The Labute approximate surface area is 84.3 Å². The molecule has 2 N–H and O–H groups in total. The van der Waals surface area contributed by atoms with E-state index < -0.39 is 0 Å². The quantitative estimate of drug-likeness (QED) is 0.889. The summed E-state index contributed by atoms with van der Waals surface area (Å²) in [5, 5.41) is 2.11. The first-order chi connectivity index (χ1) is 5.74. The van der Waals surface area contributed by atoms with Gasteiger partial charge < -0.3 is 5.73 Å². The van der Waals surface area contributed by atoms with E-state index in [0.29, 0.717) is 5.41 Å². The van der Waals surface area contributed by atoms with Crippen LogP contribution in [0.1, 0.15) is 18.5 Å². The maximum Gasteiger partial charge on any atom is 0.159 e. The average molecular weight is 247 g/mol. The van der Waals surface area contributed by atoms with Crippen LogP contribution in [-0.2, 0) is 6.42 Å². The largest absolute Gasteiger partial charge is 0.330 e. The maximum atomic E-state index is 5.69. The van der Waals surface area contributed by atoms with E-state index in [-0.39, 0.29) is 0 Å². The molecule has 66 valence electrons. The summed E-state index contributed by atoms with van der Waals surface area (Å²) < 4.78 is 0.977. The van der Waals surface area contributed by atoms with Gasteiger partial charge in [-0.3, -0.25) is 0 Å². The summed E-state index contributed by atoms with van der Waals surface area (Å²) in [7, 11) is 0. The van der Waals surface area contributed by atoms with Crippen LogP contribution in [0.4, 0.5) is 0 Å². The van der Waals surface area contributed by atoms with Gasteiger partial charge in [0.05, 0.1) is 5.69 Å². The lowest BCUT2D eigenvalue weighted by molar-refractivity contribution is 0.515. The smallest absolute Gasteiger partial charge is 0.159 e. The van der Waals surface area contributed by atoms with Crippen molar-refractivity contribution in [3.63, 3.8) is 0 Å². The summed E-state index contributed by atoms with van der Waals surface area (Å²) in [5.74, 6) is 0. The van der Waals surface area contributed by atoms with Crippen molar-refractivity contribution in [1.82, 2.24) is 4.98 Å². The Morgan fingerprint density at radius 1 is 1.67 bits per heavy atom. The first-order valence-corrected chi connectivity index (χ1v) is 5.71. The van der Waals surface area contributed by atoms with E-state index in [0.717, 1.165) is 16.9 Å². The normalized spacial score (nSPS) is 19.5. The first-order valence-electron chi connectivity index (χ1n) is 4.04. The summed E-state index contributed by atoms with van der Waals surface area (Å²) in [6.07, 6.45) is 3.61. The zero-order valence-electron chi connectivity index (χ0n) is 6.72. The Balaban J connectivity index is 2.04. The van der Waals surface area contributed by atoms with E-state index in [4.69, 9.17) is 5.73 Å². The molecule has 1 saturated carbocycles. The van der Waals surface area contributed by atoms with Gasteiger partial charge in [0.25, 0.3) is 0 Å². The minimum atomic E-state index is 0.410. The number of aromatic nitrogens is 1. The van der Waals surface area contributed by atoms with Crippen LogP contribution in [0, 0.1) is 5.41 Å². The summed E-state index contributed by atoms with van der Waals surface area (Å²) in [4.78, 5) is 4.36. The van der Waals surface area contributed by atoms with Gasteiger partial charge in [-0.25, -0.2) is 4.98 Å². The zero-order chi connectivity index (χ0) is 8.60. The predicted molar refractivity (Wildman–Crippen MR) is 54.2 cm³/mol. The Morgan fingerprint density at radius 2 is 2.42 bits per heavy atom. The highest BCUT2D eigenvalue weighted by molar-refractivity contribution is 9.11. The number of nitrogens with zero attached hydrogens (tertiary/aromatic N) is 1. The number of hydrogen-bond acceptors (Lipinski definition) is 3. The number of thiazole rings is 1. The topological polar surface area (TPSA) is 38.9 Å². The molecule has 0 unspecified atom stereocenters. The van der Waals surface area contributed by atoms with Crippen LogP contribution < -0.4 is 5.73 Å². The third-order valence-electron chi connectivity index (χ3n) is 2.47. The van der Waals surface area contributed by atoms with Crippen LogP contribution in [0.3, 0.4) is 0 Å². The molecule has 4 heteroatoms. The van der Waals surface area contributed by atoms with Crippen molar-refractivity contribution >= 4 is 27.3 Å². The fraction of sp³-hybridized carbons (Fsp3) is 0.625. The summed E-state index contributed by atoms with van der Waals surface area (Å²) in [6.45, 7) is 0.808. The summed E-state index contributed by atoms with van der Waals surface area (Å²) in [6, 6.07) is 0. The van der Waals surface area contributed by atoms with Crippen molar-refractivity contribution in [2.24, 2.45) is 11.1 Å². The van der Waals surface area contributed by atoms with E-state index in [9.17, 15) is 0 Å². The van der Waals surface area contributed by atoms with Gasteiger partial charge in [0.15, 0.2) is 3.92 Å². The molecule has 0 bridgehead atoms. The fourth-order valence-corrected chi connectivity index (χ4v) is 2.42. The lowest BCUT2D eigenvalue weighted by atomic mass is 10.0. The SMILES string of the molecule is NCC1(Cc2csc(Br)n2)CC1. The molecular formula is C8H11BrN2S. The van der Waals surface area contributed by atoms with E-state index in [1.807, 2.05) is 0 Å². The molecular weight excluding hydrogens is 236 g/mol. The van der Waals surface area contributed by atoms with Crippen molar-refractivity contribution < 1.29 is 0 Å². The standard InChI is InChI=1S/C8H11BrN2S/c9-7-11-6(4-12-7)3-8(5-10)1-2-8/h4H,1-3,5,10H2. The van der Waals surface area contributed by atoms with E-state index in [2.05, 4.69) is 26.3 Å². The van der Waals surface area contributed by atoms with Gasteiger partial charge in [-0.2, -0.15) is 0 Å². The Bertz CT molecular complexity index is 280. The molecule has 1 aromatic rings. The molecule has 1 aliphatic rings. The monoisotopic (exact) mass is 246 g/mol. The molecule has 0 atom stereocenters. The van der Waals surface area contributed by atoms with Crippen molar-refractivity contribution in [3.05, 3.63) is 15.0 Å². The van der Waals surface area contributed by atoms with E-state index >= 15 is 0 Å². The van der Waals surface area contributed by atoms with Gasteiger partial charge in [-0.15, -0.1) is 11.3 Å². The molecule has 0 radical (unpaired) electrons. The Morgan fingerprint density at radius 3 is 2.83 bits per heavy atom. The molecule has 0 aliphatic heterocycles. The minimum absolute atomic E-state index is 0.410. The summed E-state index contributed by atoms with van der Waals surface area (Å²) >= 11 is 5.01. The second kappa shape index (κ2) is 3.09. The second-order valence-electron chi connectivity index (χ2n) is 3.47. The molecule has 1 aromatic heterocycles. The Kier molecular flexibility index (Phi) is 2.23. The van der Waals surface area contributed by atoms with Crippen LogP contribution in [0.5, 0.6) is 0 Å². The van der Waals surface area contributed by atoms with Crippen LogP contribution >= 0.6 is 27.3 Å². The second-order valence-corrected chi connectivity index (χ2v) is 5.61. The molecule has 0 spiro atoms. The highest BCUT2D eigenvalue weighted by Gasteiger charge is 2.41. The Hall–Kier alpha value is 0.0700. The molecule has 1 aliphatic carbocycles. The van der Waals surface area contributed by atoms with Crippen LogP contribution in [0.15, 0.2) is 9.30 Å². The van der Waals surface area contributed by atoms with Crippen LogP contribution in [0.2, 0.25) is 0 Å². The molecule has 2 nitrogen and oxygen atoms in total. The van der Waals surface area contributed by atoms with Gasteiger partial charge in [0.2, 0.25) is 0 Å². The first kappa shape index (κ1) is 8.66. The number of rotatable bonds is 3. The van der Waals surface area contributed by atoms with Gasteiger partial charge >= 0.3 is 0 Å². The molecule has 2 rings (SSSR count). The number of hydrogen-bond donors (Lipinski definition) is 1. The van der Waals surface area contributed by atoms with Gasteiger partial charge in [0.1, 0.15) is 0 Å². The van der Waals surface area contributed by atoms with Crippen molar-refractivity contribution in [1.29, 1.82) is 0 Å². The predicted octanol–water partition coefficient (Wildman–Crippen LogP) is 2.19. The van der Waals surface area contributed by atoms with Crippen molar-refractivity contribution in [2.75, 3.05) is 6.54 Å². The lowest BCUT2D eigenvalue weighted by Gasteiger charge is -2.08. The molecule has 0 saturated heterocycles. The third kappa shape index (κ3) is 1.70. The summed E-state index contributed by atoms with van der Waals surface area (Å²) in [5.41, 5.74) is 7.29. The van der Waals surface area contributed by atoms with E-state index in [1.54, 1.807) is 11.3 Å². The van der Waals surface area contributed by atoms with Crippen LogP contribution in [-0.4, -0.2) is 11.5 Å². The molecule has 0 aromatic carbocycles. The average Bonchev–Trinajstić information content (AvgIpc) is 2.71. The molecule has 0 amide bonds.